The van der Waals surface area contributed by atoms with E-state index in [9.17, 15) is 0 Å². The van der Waals surface area contributed by atoms with Crippen LogP contribution in [0.25, 0.3) is 0 Å². The third-order valence-electron chi connectivity index (χ3n) is 10.1. The summed E-state index contributed by atoms with van der Waals surface area (Å²) in [5, 5.41) is 0.428. The molecule has 0 saturated heterocycles. The van der Waals surface area contributed by atoms with Crippen molar-refractivity contribution in [3.8, 4) is 0 Å². The fourth-order valence-corrected chi connectivity index (χ4v) is 12.0. The van der Waals surface area contributed by atoms with Crippen LogP contribution in [0, 0.1) is 52.3 Å². The molecule has 0 aromatic carbocycles. The van der Waals surface area contributed by atoms with Crippen LogP contribution in [0.15, 0.2) is 0 Å². The summed E-state index contributed by atoms with van der Waals surface area (Å²) >= 11 is 0. The van der Waals surface area contributed by atoms with Gasteiger partial charge in [-0.25, -0.2) is 0 Å². The summed E-state index contributed by atoms with van der Waals surface area (Å²) in [6.07, 6.45) is 19.3. The van der Waals surface area contributed by atoms with Gasteiger partial charge in [-0.2, -0.15) is 0 Å². The molecule has 1 unspecified atom stereocenters. The smallest absolute Gasteiger partial charge is 0.0168 e. The lowest BCUT2D eigenvalue weighted by atomic mass is 9.37. The molecular weight excluding hydrogens is 319 g/mol. The predicted octanol–water partition coefficient (Wildman–Crippen LogP) is 6.69. The second kappa shape index (κ2) is 5.07. The molecule has 0 amide bonds. The summed E-state index contributed by atoms with van der Waals surface area (Å²) in [6.45, 7) is 5.22. The SMILES string of the molecule is CC(C)(P)C(C12CC3CC(CC(C3)C1)C2)C12CC3CC(CC(C3)C1)C2. The molecule has 140 valence electrons. The fourth-order valence-electron chi connectivity index (χ4n) is 11.3. The van der Waals surface area contributed by atoms with Crippen LogP contribution in [0.2, 0.25) is 0 Å². The van der Waals surface area contributed by atoms with Gasteiger partial charge in [-0.3, -0.25) is 0 Å². The fraction of sp³-hybridized carbons (Fsp3) is 1.00. The molecule has 0 aromatic rings. The van der Waals surface area contributed by atoms with Crippen molar-refractivity contribution in [3.05, 3.63) is 0 Å². The van der Waals surface area contributed by atoms with Gasteiger partial charge in [0.25, 0.3) is 0 Å². The first-order valence-electron chi connectivity index (χ1n) is 11.6. The maximum atomic E-state index is 3.39. The molecule has 0 N–H and O–H groups in total. The van der Waals surface area contributed by atoms with Crippen LogP contribution >= 0.6 is 9.24 Å². The highest BCUT2D eigenvalue weighted by atomic mass is 31.0. The molecule has 0 spiro atoms. The van der Waals surface area contributed by atoms with Crippen LogP contribution in [0.1, 0.15) is 90.9 Å². The van der Waals surface area contributed by atoms with Crippen LogP contribution < -0.4 is 0 Å². The molecule has 0 heterocycles. The summed E-state index contributed by atoms with van der Waals surface area (Å²) in [7, 11) is 3.39. The molecule has 1 heteroatoms. The van der Waals surface area contributed by atoms with Crippen molar-refractivity contribution in [2.75, 3.05) is 0 Å². The monoisotopic (exact) mass is 358 g/mol. The van der Waals surface area contributed by atoms with Crippen LogP contribution in [0.3, 0.4) is 0 Å². The second-order valence-electron chi connectivity index (χ2n) is 12.8. The lowest BCUT2D eigenvalue weighted by molar-refractivity contribution is -0.179. The number of rotatable bonds is 3. The summed E-state index contributed by atoms with van der Waals surface area (Å²) in [5.74, 6) is 7.62. The van der Waals surface area contributed by atoms with Gasteiger partial charge in [0.15, 0.2) is 0 Å². The average molecular weight is 359 g/mol. The largest absolute Gasteiger partial charge is 0.131 e. The Morgan fingerprint density at radius 1 is 0.600 bits per heavy atom. The quantitative estimate of drug-likeness (QED) is 0.493. The lowest BCUT2D eigenvalue weighted by Crippen LogP contribution is -2.62. The van der Waals surface area contributed by atoms with Crippen LogP contribution in [0.4, 0.5) is 0 Å². The van der Waals surface area contributed by atoms with Crippen LogP contribution in [0.5, 0.6) is 0 Å². The Labute approximate surface area is 157 Å². The molecular formula is C24H39P. The molecule has 8 aliphatic carbocycles. The highest BCUT2D eigenvalue weighted by Crippen LogP contribution is 2.73. The molecule has 0 radical (unpaired) electrons. The van der Waals surface area contributed by atoms with Gasteiger partial charge in [0.05, 0.1) is 0 Å². The Morgan fingerprint density at radius 2 is 0.840 bits per heavy atom. The molecule has 0 aromatic heterocycles. The Hall–Kier alpha value is 0.430. The minimum Gasteiger partial charge on any atom is -0.131 e. The van der Waals surface area contributed by atoms with Crippen molar-refractivity contribution in [2.24, 2.45) is 52.3 Å². The molecule has 8 rings (SSSR count). The van der Waals surface area contributed by atoms with E-state index >= 15 is 0 Å². The summed E-state index contributed by atoms with van der Waals surface area (Å²) in [6, 6.07) is 0. The maximum absolute atomic E-state index is 3.39. The van der Waals surface area contributed by atoms with E-state index in [1.165, 1.54) is 0 Å². The second-order valence-corrected chi connectivity index (χ2v) is 14.3. The normalized spacial score (nSPS) is 57.2. The maximum Gasteiger partial charge on any atom is -0.0168 e. The van der Waals surface area contributed by atoms with Gasteiger partial charge >= 0.3 is 0 Å². The van der Waals surface area contributed by atoms with E-state index in [0.717, 1.165) is 52.3 Å². The zero-order valence-corrected chi connectivity index (χ0v) is 17.8. The van der Waals surface area contributed by atoms with E-state index in [0.29, 0.717) is 5.16 Å². The lowest BCUT2D eigenvalue weighted by Gasteiger charge is -2.70. The first kappa shape index (κ1) is 16.4. The third-order valence-corrected chi connectivity index (χ3v) is 10.5. The third kappa shape index (κ3) is 2.34. The molecule has 8 bridgehead atoms. The Bertz CT molecular complexity index is 453. The highest BCUT2D eigenvalue weighted by Gasteiger charge is 2.64. The van der Waals surface area contributed by atoms with E-state index in [2.05, 4.69) is 23.1 Å². The molecule has 8 fully saturated rings. The van der Waals surface area contributed by atoms with E-state index < -0.39 is 0 Å². The van der Waals surface area contributed by atoms with Crippen molar-refractivity contribution in [2.45, 2.75) is 96.1 Å². The van der Waals surface area contributed by atoms with Gasteiger partial charge in [-0.15, -0.1) is 9.24 Å². The zero-order valence-electron chi connectivity index (χ0n) is 16.6. The van der Waals surface area contributed by atoms with E-state index in [4.69, 9.17) is 0 Å². The van der Waals surface area contributed by atoms with E-state index in [-0.39, 0.29) is 0 Å². The molecule has 0 aliphatic heterocycles. The highest BCUT2D eigenvalue weighted by molar-refractivity contribution is 7.18. The average Bonchev–Trinajstić information content (AvgIpc) is 2.41. The van der Waals surface area contributed by atoms with Crippen molar-refractivity contribution < 1.29 is 0 Å². The molecule has 25 heavy (non-hydrogen) atoms. The Balaban J connectivity index is 1.44. The van der Waals surface area contributed by atoms with Crippen molar-refractivity contribution in [1.82, 2.24) is 0 Å². The van der Waals surface area contributed by atoms with Gasteiger partial charge in [0.2, 0.25) is 0 Å². The molecule has 1 atom stereocenters. The van der Waals surface area contributed by atoms with Gasteiger partial charge < -0.3 is 0 Å². The molecule has 8 saturated carbocycles. The zero-order chi connectivity index (χ0) is 17.0. The first-order chi connectivity index (χ1) is 11.8. The van der Waals surface area contributed by atoms with Gasteiger partial charge in [0.1, 0.15) is 0 Å². The minimum atomic E-state index is 0.428. The minimum absolute atomic E-state index is 0.428. The standard InChI is InChI=1S/C24H39P/c1-22(2,25)21(23-9-15-3-16(10-23)5-17(4-15)11-23)24-12-18-6-19(13-24)8-20(7-18)14-24/h15-21H,3-14,25H2,1-2H3. The van der Waals surface area contributed by atoms with E-state index in [1.807, 2.05) is 0 Å². The van der Waals surface area contributed by atoms with Crippen molar-refractivity contribution >= 4 is 9.24 Å². The predicted molar refractivity (Wildman–Crippen MR) is 108 cm³/mol. The van der Waals surface area contributed by atoms with Gasteiger partial charge in [0, 0.05) is 0 Å². The van der Waals surface area contributed by atoms with Gasteiger partial charge in [-0.1, -0.05) is 13.8 Å². The van der Waals surface area contributed by atoms with Crippen LogP contribution in [-0.2, 0) is 0 Å². The van der Waals surface area contributed by atoms with E-state index in [1.54, 1.807) is 77.0 Å². The van der Waals surface area contributed by atoms with Gasteiger partial charge in [-0.05, 0) is 134 Å². The van der Waals surface area contributed by atoms with Crippen LogP contribution in [-0.4, -0.2) is 5.16 Å². The Kier molecular flexibility index (Phi) is 3.32. The summed E-state index contributed by atoms with van der Waals surface area (Å²) in [5.41, 5.74) is 1.46. The molecule has 8 aliphatic rings. The topological polar surface area (TPSA) is 0 Å². The van der Waals surface area contributed by atoms with Crippen molar-refractivity contribution in [1.29, 1.82) is 0 Å². The Morgan fingerprint density at radius 3 is 1.04 bits per heavy atom. The van der Waals surface area contributed by atoms with Crippen molar-refractivity contribution in [3.63, 3.8) is 0 Å². The number of hydrogen-bond donors (Lipinski definition) is 0. The summed E-state index contributed by atoms with van der Waals surface area (Å²) < 4.78 is 0. The molecule has 0 nitrogen and oxygen atoms in total. The number of hydrogen-bond acceptors (Lipinski definition) is 0. The first-order valence-corrected chi connectivity index (χ1v) is 12.2. The summed E-state index contributed by atoms with van der Waals surface area (Å²) in [4.78, 5) is 0.